The second-order valence-corrected chi connectivity index (χ2v) is 7.39. The summed E-state index contributed by atoms with van der Waals surface area (Å²) in [7, 11) is 0. The fourth-order valence-corrected chi connectivity index (χ4v) is 3.54. The van der Waals surface area contributed by atoms with E-state index < -0.39 is 11.7 Å². The highest BCUT2D eigenvalue weighted by Gasteiger charge is 2.35. The van der Waals surface area contributed by atoms with Crippen LogP contribution in [0.15, 0.2) is 57.8 Å². The number of rotatable bonds is 5. The van der Waals surface area contributed by atoms with Gasteiger partial charge in [0.1, 0.15) is 5.82 Å². The molecule has 1 aliphatic rings. The second-order valence-electron chi connectivity index (χ2n) is 6.51. The first kappa shape index (κ1) is 19.1. The van der Waals surface area contributed by atoms with Gasteiger partial charge in [-0.25, -0.2) is 4.39 Å². The standard InChI is InChI=1S/C20H17FN4O3S/c1-29-16-7-5-15(6-8-16)25-11-13(10-17(25)26)19-23-24-20(28-19)22-18(27)12-3-2-4-14(21)9-12/h2-9,13H,10-11H2,1H3,(H,22,24,27)/t13-/m1/s1. The van der Waals surface area contributed by atoms with Gasteiger partial charge in [-0.1, -0.05) is 11.2 Å². The molecule has 7 nitrogen and oxygen atoms in total. The Balaban J connectivity index is 1.44. The number of amides is 2. The molecule has 0 saturated carbocycles. The van der Waals surface area contributed by atoms with E-state index in [1.165, 1.54) is 18.2 Å². The van der Waals surface area contributed by atoms with Crippen molar-refractivity contribution >= 4 is 35.3 Å². The molecule has 1 fully saturated rings. The molecule has 9 heteroatoms. The topological polar surface area (TPSA) is 88.3 Å². The second kappa shape index (κ2) is 8.04. The Kier molecular flexibility index (Phi) is 5.30. The number of halogens is 1. The number of carbonyl (C=O) groups excluding carboxylic acids is 2. The fraction of sp³-hybridized carbons (Fsp3) is 0.200. The minimum absolute atomic E-state index is 0.0320. The van der Waals surface area contributed by atoms with Crippen molar-refractivity contribution in [2.45, 2.75) is 17.2 Å². The first-order valence-corrected chi connectivity index (χ1v) is 10.1. The number of hydrogen-bond donors (Lipinski definition) is 1. The molecule has 0 spiro atoms. The number of aromatic nitrogens is 2. The molecule has 1 atom stereocenters. The van der Waals surface area contributed by atoms with Gasteiger partial charge in [0.2, 0.25) is 11.8 Å². The molecule has 29 heavy (non-hydrogen) atoms. The van der Waals surface area contributed by atoms with Gasteiger partial charge < -0.3 is 9.32 Å². The molecule has 2 aromatic carbocycles. The predicted molar refractivity (Wildman–Crippen MR) is 107 cm³/mol. The van der Waals surface area contributed by atoms with Crippen molar-refractivity contribution in [2.75, 3.05) is 23.0 Å². The Hall–Kier alpha value is -3.20. The average Bonchev–Trinajstić information content (AvgIpc) is 3.34. The minimum atomic E-state index is -0.558. The maximum Gasteiger partial charge on any atom is 0.322 e. The normalized spacial score (nSPS) is 16.3. The van der Waals surface area contributed by atoms with Crippen LogP contribution in [-0.4, -0.2) is 34.8 Å². The van der Waals surface area contributed by atoms with Crippen LogP contribution in [0.5, 0.6) is 0 Å². The molecule has 0 radical (unpaired) electrons. The van der Waals surface area contributed by atoms with Crippen molar-refractivity contribution in [3.05, 3.63) is 65.8 Å². The molecule has 2 amide bonds. The van der Waals surface area contributed by atoms with Crippen LogP contribution in [0, 0.1) is 5.82 Å². The summed E-state index contributed by atoms with van der Waals surface area (Å²) in [6.45, 7) is 0.414. The third kappa shape index (κ3) is 4.14. The first-order chi connectivity index (χ1) is 14.0. The highest BCUT2D eigenvalue weighted by Crippen LogP contribution is 2.32. The van der Waals surface area contributed by atoms with Gasteiger partial charge in [0.05, 0.1) is 5.92 Å². The smallest absolute Gasteiger partial charge is 0.322 e. The number of benzene rings is 2. The van der Waals surface area contributed by atoms with E-state index in [1.807, 2.05) is 30.5 Å². The summed E-state index contributed by atoms with van der Waals surface area (Å²) < 4.78 is 18.8. The lowest BCUT2D eigenvalue weighted by molar-refractivity contribution is -0.117. The fourth-order valence-electron chi connectivity index (χ4n) is 3.13. The van der Waals surface area contributed by atoms with E-state index >= 15 is 0 Å². The zero-order chi connectivity index (χ0) is 20.4. The van der Waals surface area contributed by atoms with E-state index in [9.17, 15) is 14.0 Å². The largest absolute Gasteiger partial charge is 0.407 e. The van der Waals surface area contributed by atoms with Crippen molar-refractivity contribution in [3.63, 3.8) is 0 Å². The van der Waals surface area contributed by atoms with E-state index in [-0.39, 0.29) is 35.7 Å². The maximum atomic E-state index is 13.3. The molecule has 1 saturated heterocycles. The quantitative estimate of drug-likeness (QED) is 0.643. The van der Waals surface area contributed by atoms with Gasteiger partial charge in [-0.05, 0) is 48.7 Å². The van der Waals surface area contributed by atoms with Crippen molar-refractivity contribution in [1.29, 1.82) is 0 Å². The summed E-state index contributed by atoms with van der Waals surface area (Å²) in [6, 6.07) is 12.9. The number of hydrogen-bond acceptors (Lipinski definition) is 6. The average molecular weight is 412 g/mol. The first-order valence-electron chi connectivity index (χ1n) is 8.88. The zero-order valence-corrected chi connectivity index (χ0v) is 16.3. The summed E-state index contributed by atoms with van der Waals surface area (Å²) in [5.41, 5.74) is 0.954. The Morgan fingerprint density at radius 2 is 2.03 bits per heavy atom. The molecule has 1 aliphatic heterocycles. The van der Waals surface area contributed by atoms with E-state index in [0.717, 1.165) is 16.6 Å². The Labute approximate surface area is 170 Å². The third-order valence-corrected chi connectivity index (χ3v) is 5.35. The van der Waals surface area contributed by atoms with E-state index in [1.54, 1.807) is 16.7 Å². The third-order valence-electron chi connectivity index (χ3n) is 4.61. The highest BCUT2D eigenvalue weighted by atomic mass is 32.2. The van der Waals surface area contributed by atoms with Crippen LogP contribution in [0.2, 0.25) is 0 Å². The van der Waals surface area contributed by atoms with Crippen LogP contribution in [0.4, 0.5) is 16.1 Å². The van der Waals surface area contributed by atoms with E-state index in [0.29, 0.717) is 6.54 Å². The van der Waals surface area contributed by atoms with E-state index in [4.69, 9.17) is 4.42 Å². The zero-order valence-electron chi connectivity index (χ0n) is 15.5. The molecule has 0 bridgehead atoms. The van der Waals surface area contributed by atoms with Crippen molar-refractivity contribution < 1.29 is 18.4 Å². The van der Waals surface area contributed by atoms with Crippen molar-refractivity contribution in [2.24, 2.45) is 0 Å². The Morgan fingerprint density at radius 1 is 1.24 bits per heavy atom. The number of anilines is 2. The highest BCUT2D eigenvalue weighted by molar-refractivity contribution is 7.98. The maximum absolute atomic E-state index is 13.3. The van der Waals surface area contributed by atoms with Gasteiger partial charge >= 0.3 is 6.01 Å². The number of nitrogens with one attached hydrogen (secondary N) is 1. The lowest BCUT2D eigenvalue weighted by Crippen LogP contribution is -2.24. The molecule has 2 heterocycles. The van der Waals surface area contributed by atoms with Crippen LogP contribution in [0.3, 0.4) is 0 Å². The van der Waals surface area contributed by atoms with Crippen LogP contribution in [0.1, 0.15) is 28.6 Å². The minimum Gasteiger partial charge on any atom is -0.407 e. The van der Waals surface area contributed by atoms with Gasteiger partial charge in [0, 0.05) is 29.1 Å². The molecule has 148 valence electrons. The summed E-state index contributed by atoms with van der Waals surface area (Å²) >= 11 is 1.63. The van der Waals surface area contributed by atoms with Crippen molar-refractivity contribution in [3.8, 4) is 0 Å². The number of carbonyl (C=O) groups is 2. The molecule has 0 unspecified atom stereocenters. The molecule has 1 N–H and O–H groups in total. The van der Waals surface area contributed by atoms with Gasteiger partial charge in [0.25, 0.3) is 5.91 Å². The summed E-state index contributed by atoms with van der Waals surface area (Å²) in [4.78, 5) is 27.4. The number of thioether (sulfide) groups is 1. The summed E-state index contributed by atoms with van der Waals surface area (Å²) in [5.74, 6) is -1.10. The lowest BCUT2D eigenvalue weighted by atomic mass is 10.1. The molecular formula is C20H17FN4O3S. The van der Waals surface area contributed by atoms with Crippen LogP contribution >= 0.6 is 11.8 Å². The van der Waals surface area contributed by atoms with Crippen molar-refractivity contribution in [1.82, 2.24) is 10.2 Å². The summed E-state index contributed by atoms with van der Waals surface area (Å²) in [6.07, 6.45) is 2.23. The van der Waals surface area contributed by atoms with Gasteiger partial charge in [-0.3, -0.25) is 14.9 Å². The van der Waals surface area contributed by atoms with Gasteiger partial charge in [-0.2, -0.15) is 0 Å². The SMILES string of the molecule is CSc1ccc(N2C[C@H](c3nnc(NC(=O)c4cccc(F)c4)o3)CC2=O)cc1. The van der Waals surface area contributed by atoms with Crippen LogP contribution in [0.25, 0.3) is 0 Å². The summed E-state index contributed by atoms with van der Waals surface area (Å²) in [5, 5.41) is 10.2. The molecular weight excluding hydrogens is 395 g/mol. The molecule has 0 aliphatic carbocycles. The Bertz CT molecular complexity index is 1050. The monoisotopic (exact) mass is 412 g/mol. The molecule has 1 aromatic heterocycles. The Morgan fingerprint density at radius 3 is 2.76 bits per heavy atom. The molecule has 4 rings (SSSR count). The van der Waals surface area contributed by atoms with Gasteiger partial charge in [0.15, 0.2) is 0 Å². The predicted octanol–water partition coefficient (Wildman–Crippen LogP) is 3.70. The molecule has 3 aromatic rings. The lowest BCUT2D eigenvalue weighted by Gasteiger charge is -2.16. The van der Waals surface area contributed by atoms with Gasteiger partial charge in [-0.15, -0.1) is 16.9 Å². The van der Waals surface area contributed by atoms with E-state index in [2.05, 4.69) is 15.5 Å². The number of nitrogens with zero attached hydrogens (tertiary/aromatic N) is 3. The van der Waals surface area contributed by atoms with Crippen LogP contribution in [-0.2, 0) is 4.79 Å². The van der Waals surface area contributed by atoms with Crippen LogP contribution < -0.4 is 10.2 Å².